The number of hydrogen-bond donors (Lipinski definition) is 3. The fourth-order valence-corrected chi connectivity index (χ4v) is 2.25. The van der Waals surface area contributed by atoms with Crippen molar-refractivity contribution < 1.29 is 19.4 Å². The number of carbonyl (C=O) groups is 2. The number of thiocarbonyl (C=S) groups is 1. The smallest absolute Gasteiger partial charge is 0.337 e. The van der Waals surface area contributed by atoms with Crippen LogP contribution in [0, 0.1) is 0 Å². The van der Waals surface area contributed by atoms with E-state index in [1.807, 2.05) is 6.07 Å². The summed E-state index contributed by atoms with van der Waals surface area (Å²) in [5.74, 6) is -0.979. The number of nitrogens with one attached hydrogen (secondary N) is 2. The normalized spacial score (nSPS) is 9.88. The topological polar surface area (TPSA) is 87.7 Å². The molecule has 2 aromatic carbocycles. The molecule has 0 unspecified atom stereocenters. The number of carboxylic acid groups (broad SMARTS) is 1. The second-order valence-corrected chi connectivity index (χ2v) is 5.42. The van der Waals surface area contributed by atoms with Crippen LogP contribution < -0.4 is 15.4 Å². The molecule has 1 amide bonds. The van der Waals surface area contributed by atoms with Crippen LogP contribution in [0.25, 0.3) is 0 Å². The van der Waals surface area contributed by atoms with Crippen LogP contribution in [0.2, 0.25) is 5.02 Å². The summed E-state index contributed by atoms with van der Waals surface area (Å²) in [6.45, 7) is -0.190. The molecule has 2 aromatic rings. The summed E-state index contributed by atoms with van der Waals surface area (Å²) < 4.78 is 5.29. The highest BCUT2D eigenvalue weighted by Gasteiger charge is 2.10. The second kappa shape index (κ2) is 8.28. The van der Waals surface area contributed by atoms with Gasteiger partial charge in [0.05, 0.1) is 10.6 Å². The Balaban J connectivity index is 1.85. The van der Waals surface area contributed by atoms with Crippen molar-refractivity contribution in [2.24, 2.45) is 0 Å². The van der Waals surface area contributed by atoms with Gasteiger partial charge in [-0.1, -0.05) is 29.8 Å². The fourth-order valence-electron chi connectivity index (χ4n) is 1.76. The standard InChI is InChI=1S/C16H13ClN2O4S/c17-13-8-10(6-7-12(13)15(21)22)18-16(24)19-14(20)9-23-11-4-2-1-3-5-11/h1-8H,9H2,(H,21,22)(H2,18,19,20,24). The van der Waals surface area contributed by atoms with Crippen molar-refractivity contribution in [3.63, 3.8) is 0 Å². The number of rotatable bonds is 5. The van der Waals surface area contributed by atoms with Gasteiger partial charge in [0.15, 0.2) is 11.7 Å². The number of benzene rings is 2. The Morgan fingerprint density at radius 2 is 1.88 bits per heavy atom. The highest BCUT2D eigenvalue weighted by molar-refractivity contribution is 7.80. The molecular weight excluding hydrogens is 352 g/mol. The van der Waals surface area contributed by atoms with Crippen LogP contribution in [-0.4, -0.2) is 28.7 Å². The van der Waals surface area contributed by atoms with Gasteiger partial charge >= 0.3 is 5.97 Å². The molecule has 0 saturated heterocycles. The molecule has 0 spiro atoms. The summed E-state index contributed by atoms with van der Waals surface area (Å²) in [4.78, 5) is 22.6. The molecule has 0 heterocycles. The Labute approximate surface area is 148 Å². The Hall–Kier alpha value is -2.64. The fraction of sp³-hybridized carbons (Fsp3) is 0.0625. The van der Waals surface area contributed by atoms with E-state index < -0.39 is 11.9 Å². The molecular formula is C16H13ClN2O4S. The third kappa shape index (κ3) is 5.22. The molecule has 124 valence electrons. The SMILES string of the molecule is O=C(COc1ccccc1)NC(=S)Nc1ccc(C(=O)O)c(Cl)c1. The molecule has 8 heteroatoms. The van der Waals surface area contributed by atoms with Crippen molar-refractivity contribution in [2.45, 2.75) is 0 Å². The van der Waals surface area contributed by atoms with Gasteiger partial charge < -0.3 is 15.2 Å². The molecule has 0 saturated carbocycles. The van der Waals surface area contributed by atoms with Crippen LogP contribution in [0.4, 0.5) is 5.69 Å². The summed E-state index contributed by atoms with van der Waals surface area (Å²) in [5, 5.41) is 14.2. The number of para-hydroxylation sites is 1. The van der Waals surface area contributed by atoms with E-state index in [9.17, 15) is 9.59 Å². The van der Waals surface area contributed by atoms with Crippen LogP contribution in [0.15, 0.2) is 48.5 Å². The van der Waals surface area contributed by atoms with E-state index >= 15 is 0 Å². The molecule has 0 aliphatic rings. The molecule has 0 radical (unpaired) electrons. The molecule has 24 heavy (non-hydrogen) atoms. The van der Waals surface area contributed by atoms with Gasteiger partial charge in [-0.15, -0.1) is 0 Å². The largest absolute Gasteiger partial charge is 0.484 e. The van der Waals surface area contributed by atoms with E-state index in [0.717, 1.165) is 0 Å². The number of amides is 1. The first kappa shape index (κ1) is 17.7. The summed E-state index contributed by atoms with van der Waals surface area (Å²) in [5.41, 5.74) is 0.438. The Bertz CT molecular complexity index is 768. The maximum atomic E-state index is 11.8. The van der Waals surface area contributed by atoms with Gasteiger partial charge in [0.1, 0.15) is 5.75 Å². The van der Waals surface area contributed by atoms with Gasteiger partial charge in [-0.2, -0.15) is 0 Å². The first-order valence-corrected chi connectivity index (χ1v) is 7.56. The van der Waals surface area contributed by atoms with Gasteiger partial charge in [-0.05, 0) is 42.5 Å². The van der Waals surface area contributed by atoms with E-state index in [2.05, 4.69) is 10.6 Å². The number of halogens is 1. The van der Waals surface area contributed by atoms with Crippen molar-refractivity contribution >= 4 is 46.5 Å². The number of ether oxygens (including phenoxy) is 1. The lowest BCUT2D eigenvalue weighted by Gasteiger charge is -2.11. The minimum Gasteiger partial charge on any atom is -0.484 e. The molecule has 0 aliphatic carbocycles. The van der Waals surface area contributed by atoms with Gasteiger partial charge in [0.25, 0.3) is 5.91 Å². The number of anilines is 1. The second-order valence-electron chi connectivity index (χ2n) is 4.60. The van der Waals surface area contributed by atoms with Gasteiger partial charge in [-0.3, -0.25) is 10.1 Å². The maximum Gasteiger partial charge on any atom is 0.337 e. The number of carboxylic acids is 1. The number of hydrogen-bond acceptors (Lipinski definition) is 4. The van der Waals surface area contributed by atoms with Crippen LogP contribution in [0.5, 0.6) is 5.75 Å². The van der Waals surface area contributed by atoms with Crippen LogP contribution >= 0.6 is 23.8 Å². The maximum absolute atomic E-state index is 11.8. The lowest BCUT2D eigenvalue weighted by atomic mass is 10.2. The van der Waals surface area contributed by atoms with Crippen molar-refractivity contribution in [3.8, 4) is 5.75 Å². The molecule has 3 N–H and O–H groups in total. The molecule has 0 bridgehead atoms. The third-order valence-corrected chi connectivity index (χ3v) is 3.34. The van der Waals surface area contributed by atoms with E-state index in [4.69, 9.17) is 33.7 Å². The van der Waals surface area contributed by atoms with Gasteiger partial charge in [0, 0.05) is 5.69 Å². The van der Waals surface area contributed by atoms with E-state index in [0.29, 0.717) is 11.4 Å². The molecule has 2 rings (SSSR count). The zero-order chi connectivity index (χ0) is 17.5. The minimum atomic E-state index is -1.12. The minimum absolute atomic E-state index is 0.0200. The van der Waals surface area contributed by atoms with Crippen molar-refractivity contribution in [3.05, 3.63) is 59.1 Å². The quantitative estimate of drug-likeness (QED) is 0.707. The first-order chi connectivity index (χ1) is 11.5. The Morgan fingerprint density at radius 3 is 2.50 bits per heavy atom. The van der Waals surface area contributed by atoms with Crippen molar-refractivity contribution in [1.82, 2.24) is 5.32 Å². The predicted molar refractivity (Wildman–Crippen MR) is 94.7 cm³/mol. The van der Waals surface area contributed by atoms with E-state index in [-0.39, 0.29) is 22.3 Å². The Morgan fingerprint density at radius 1 is 1.17 bits per heavy atom. The zero-order valence-electron chi connectivity index (χ0n) is 12.3. The monoisotopic (exact) mass is 364 g/mol. The number of aromatic carboxylic acids is 1. The average molecular weight is 365 g/mol. The summed E-state index contributed by atoms with van der Waals surface area (Å²) in [6, 6.07) is 13.1. The van der Waals surface area contributed by atoms with Crippen molar-refractivity contribution in [2.75, 3.05) is 11.9 Å². The van der Waals surface area contributed by atoms with Crippen LogP contribution in [0.1, 0.15) is 10.4 Å². The molecule has 0 atom stereocenters. The molecule has 6 nitrogen and oxygen atoms in total. The predicted octanol–water partition coefficient (Wildman–Crippen LogP) is 2.93. The van der Waals surface area contributed by atoms with Gasteiger partial charge in [0.2, 0.25) is 0 Å². The van der Waals surface area contributed by atoms with Gasteiger partial charge in [-0.25, -0.2) is 4.79 Å². The molecule has 0 aromatic heterocycles. The molecule has 0 aliphatic heterocycles. The summed E-state index contributed by atoms with van der Waals surface area (Å²) >= 11 is 10.9. The first-order valence-electron chi connectivity index (χ1n) is 6.77. The lowest BCUT2D eigenvalue weighted by Crippen LogP contribution is -2.37. The Kier molecular flexibility index (Phi) is 6.11. The lowest BCUT2D eigenvalue weighted by molar-refractivity contribution is -0.121. The zero-order valence-corrected chi connectivity index (χ0v) is 13.9. The van der Waals surface area contributed by atoms with E-state index in [1.54, 1.807) is 24.3 Å². The summed E-state index contributed by atoms with van der Waals surface area (Å²) in [6.07, 6.45) is 0. The van der Waals surface area contributed by atoms with E-state index in [1.165, 1.54) is 18.2 Å². The molecule has 0 fully saturated rings. The van der Waals surface area contributed by atoms with Crippen LogP contribution in [-0.2, 0) is 4.79 Å². The summed E-state index contributed by atoms with van der Waals surface area (Å²) in [7, 11) is 0. The van der Waals surface area contributed by atoms with Crippen LogP contribution in [0.3, 0.4) is 0 Å². The van der Waals surface area contributed by atoms with Crippen molar-refractivity contribution in [1.29, 1.82) is 0 Å². The average Bonchev–Trinajstić information content (AvgIpc) is 2.53. The highest BCUT2D eigenvalue weighted by Crippen LogP contribution is 2.20. The number of carbonyl (C=O) groups excluding carboxylic acids is 1. The third-order valence-electron chi connectivity index (χ3n) is 2.82. The highest BCUT2D eigenvalue weighted by atomic mass is 35.5.